The van der Waals surface area contributed by atoms with E-state index in [9.17, 15) is 0 Å². The van der Waals surface area contributed by atoms with Gasteiger partial charge in [-0.25, -0.2) is 0 Å². The molecular weight excluding hydrogens is 232 g/mol. The molecule has 1 aromatic carbocycles. The van der Waals surface area contributed by atoms with E-state index in [1.165, 1.54) is 41.4 Å². The molecule has 0 spiro atoms. The van der Waals surface area contributed by atoms with Gasteiger partial charge in [-0.05, 0) is 37.3 Å². The molecule has 0 saturated heterocycles. The second-order valence-corrected chi connectivity index (χ2v) is 6.04. The normalized spacial score (nSPS) is 23.3. The second-order valence-electron chi connectivity index (χ2n) is 6.04. The molecule has 102 valence electrons. The highest BCUT2D eigenvalue weighted by Crippen LogP contribution is 2.27. The number of rotatable bonds is 3. The maximum Gasteiger partial charge on any atom is 0.0483 e. The SMILES string of the molecule is Cc1c(CNC2CCCC2C)n(C)c2ccccc12. The smallest absolute Gasteiger partial charge is 0.0483 e. The number of benzene rings is 1. The number of nitrogens with zero attached hydrogens (tertiary/aromatic N) is 1. The maximum absolute atomic E-state index is 3.77. The third-order valence-corrected chi connectivity index (χ3v) is 4.90. The number of fused-ring (bicyclic) bond motifs is 1. The number of nitrogens with one attached hydrogen (secondary N) is 1. The predicted octanol–water partition coefficient (Wildman–Crippen LogP) is 3.76. The van der Waals surface area contributed by atoms with Crippen LogP contribution in [0.1, 0.15) is 37.4 Å². The molecule has 1 aliphatic rings. The lowest BCUT2D eigenvalue weighted by Crippen LogP contribution is -2.31. The first-order valence-corrected chi connectivity index (χ1v) is 7.44. The molecule has 1 saturated carbocycles. The summed E-state index contributed by atoms with van der Waals surface area (Å²) in [4.78, 5) is 0. The molecule has 19 heavy (non-hydrogen) atoms. The fourth-order valence-corrected chi connectivity index (χ4v) is 3.56. The molecule has 1 fully saturated rings. The van der Waals surface area contributed by atoms with Gasteiger partial charge in [-0.15, -0.1) is 0 Å². The number of hydrogen-bond acceptors (Lipinski definition) is 1. The average Bonchev–Trinajstić information content (AvgIpc) is 2.93. The topological polar surface area (TPSA) is 17.0 Å². The maximum atomic E-state index is 3.77. The highest BCUT2D eigenvalue weighted by Gasteiger charge is 2.23. The van der Waals surface area contributed by atoms with Gasteiger partial charge in [0.1, 0.15) is 0 Å². The van der Waals surface area contributed by atoms with E-state index in [1.807, 2.05) is 0 Å². The van der Waals surface area contributed by atoms with Crippen LogP contribution in [0, 0.1) is 12.8 Å². The lowest BCUT2D eigenvalue weighted by Gasteiger charge is -2.18. The first-order chi connectivity index (χ1) is 9.18. The third kappa shape index (κ3) is 2.18. The van der Waals surface area contributed by atoms with Crippen LogP contribution >= 0.6 is 0 Å². The van der Waals surface area contributed by atoms with Gasteiger partial charge in [-0.3, -0.25) is 0 Å². The van der Waals surface area contributed by atoms with Crippen LogP contribution in [0.25, 0.3) is 10.9 Å². The first-order valence-electron chi connectivity index (χ1n) is 7.44. The monoisotopic (exact) mass is 256 g/mol. The fraction of sp³-hybridized carbons (Fsp3) is 0.529. The summed E-state index contributed by atoms with van der Waals surface area (Å²) in [7, 11) is 2.18. The third-order valence-electron chi connectivity index (χ3n) is 4.90. The van der Waals surface area contributed by atoms with Crippen LogP contribution in [0.3, 0.4) is 0 Å². The summed E-state index contributed by atoms with van der Waals surface area (Å²) in [5.74, 6) is 0.829. The van der Waals surface area contributed by atoms with Crippen molar-refractivity contribution in [1.82, 2.24) is 9.88 Å². The van der Waals surface area contributed by atoms with Gasteiger partial charge in [0.2, 0.25) is 0 Å². The number of para-hydroxylation sites is 1. The van der Waals surface area contributed by atoms with E-state index in [0.717, 1.165) is 12.5 Å². The van der Waals surface area contributed by atoms with Crippen LogP contribution in [-0.2, 0) is 13.6 Å². The second kappa shape index (κ2) is 5.01. The van der Waals surface area contributed by atoms with Crippen molar-refractivity contribution < 1.29 is 0 Å². The zero-order valence-electron chi connectivity index (χ0n) is 12.2. The average molecular weight is 256 g/mol. The molecule has 0 amide bonds. The molecule has 2 heteroatoms. The van der Waals surface area contributed by atoms with Gasteiger partial charge in [0.05, 0.1) is 0 Å². The van der Waals surface area contributed by atoms with Gasteiger partial charge in [0.15, 0.2) is 0 Å². The molecule has 1 aliphatic carbocycles. The van der Waals surface area contributed by atoms with Gasteiger partial charge >= 0.3 is 0 Å². The van der Waals surface area contributed by atoms with Gasteiger partial charge in [-0.1, -0.05) is 31.5 Å². The van der Waals surface area contributed by atoms with E-state index < -0.39 is 0 Å². The lowest BCUT2D eigenvalue weighted by molar-refractivity contribution is 0.421. The number of aryl methyl sites for hydroxylation is 2. The zero-order valence-corrected chi connectivity index (χ0v) is 12.2. The van der Waals surface area contributed by atoms with E-state index in [1.54, 1.807) is 0 Å². The Morgan fingerprint density at radius 2 is 2.05 bits per heavy atom. The van der Waals surface area contributed by atoms with Crippen LogP contribution in [-0.4, -0.2) is 10.6 Å². The van der Waals surface area contributed by atoms with Crippen LogP contribution in [0.15, 0.2) is 24.3 Å². The van der Waals surface area contributed by atoms with Gasteiger partial charge in [-0.2, -0.15) is 0 Å². The fourth-order valence-electron chi connectivity index (χ4n) is 3.56. The number of hydrogen-bond donors (Lipinski definition) is 1. The minimum absolute atomic E-state index is 0.706. The Balaban J connectivity index is 1.84. The molecule has 2 unspecified atom stereocenters. The molecule has 3 rings (SSSR count). The Hall–Kier alpha value is -1.28. The minimum Gasteiger partial charge on any atom is -0.346 e. The molecule has 1 N–H and O–H groups in total. The van der Waals surface area contributed by atoms with Gasteiger partial charge in [0, 0.05) is 36.2 Å². The van der Waals surface area contributed by atoms with E-state index in [4.69, 9.17) is 0 Å². The molecule has 2 atom stereocenters. The Labute approximate surface area is 115 Å². The Bertz CT molecular complexity index is 543. The molecule has 2 aromatic rings. The van der Waals surface area contributed by atoms with Crippen molar-refractivity contribution in [3.63, 3.8) is 0 Å². The van der Waals surface area contributed by atoms with Crippen molar-refractivity contribution in [2.24, 2.45) is 13.0 Å². The quantitative estimate of drug-likeness (QED) is 0.884. The van der Waals surface area contributed by atoms with Gasteiger partial charge < -0.3 is 9.88 Å². The summed E-state index contributed by atoms with van der Waals surface area (Å²) in [5, 5.41) is 5.16. The summed E-state index contributed by atoms with van der Waals surface area (Å²) < 4.78 is 2.34. The summed E-state index contributed by atoms with van der Waals surface area (Å²) in [6, 6.07) is 9.40. The van der Waals surface area contributed by atoms with Crippen LogP contribution < -0.4 is 5.32 Å². The van der Waals surface area contributed by atoms with Crippen molar-refractivity contribution in [3.8, 4) is 0 Å². The van der Waals surface area contributed by atoms with E-state index in [0.29, 0.717) is 6.04 Å². The summed E-state index contributed by atoms with van der Waals surface area (Å²) >= 11 is 0. The molecule has 0 bridgehead atoms. The minimum atomic E-state index is 0.706. The standard InChI is InChI=1S/C17H24N2/c1-12-7-6-9-15(12)18-11-17-13(2)14-8-4-5-10-16(14)19(17)3/h4-5,8,10,12,15,18H,6-7,9,11H2,1-3H3. The van der Waals surface area contributed by atoms with E-state index in [2.05, 4.69) is 55.0 Å². The first kappa shape index (κ1) is 12.7. The highest BCUT2D eigenvalue weighted by molar-refractivity contribution is 5.85. The van der Waals surface area contributed by atoms with E-state index >= 15 is 0 Å². The molecule has 0 aliphatic heterocycles. The van der Waals surface area contributed by atoms with E-state index in [-0.39, 0.29) is 0 Å². The summed E-state index contributed by atoms with van der Waals surface area (Å²) in [6.07, 6.45) is 4.10. The molecule has 0 radical (unpaired) electrons. The van der Waals surface area contributed by atoms with Crippen LogP contribution in [0.4, 0.5) is 0 Å². The number of aromatic nitrogens is 1. The van der Waals surface area contributed by atoms with Crippen molar-refractivity contribution in [2.45, 2.75) is 45.7 Å². The predicted molar refractivity (Wildman–Crippen MR) is 81.3 cm³/mol. The molecular formula is C17H24N2. The Kier molecular flexibility index (Phi) is 3.36. The zero-order chi connectivity index (χ0) is 13.4. The van der Waals surface area contributed by atoms with Crippen LogP contribution in [0.5, 0.6) is 0 Å². The van der Waals surface area contributed by atoms with Gasteiger partial charge in [0.25, 0.3) is 0 Å². The lowest BCUT2D eigenvalue weighted by atomic mass is 10.1. The largest absolute Gasteiger partial charge is 0.346 e. The van der Waals surface area contributed by atoms with Crippen molar-refractivity contribution in [3.05, 3.63) is 35.5 Å². The van der Waals surface area contributed by atoms with Crippen molar-refractivity contribution in [1.29, 1.82) is 0 Å². The molecule has 1 heterocycles. The molecule has 1 aromatic heterocycles. The Morgan fingerprint density at radius 1 is 1.26 bits per heavy atom. The summed E-state index contributed by atoms with van der Waals surface area (Å²) in [5.41, 5.74) is 4.20. The van der Waals surface area contributed by atoms with Crippen molar-refractivity contribution in [2.75, 3.05) is 0 Å². The highest BCUT2D eigenvalue weighted by atomic mass is 15.0. The van der Waals surface area contributed by atoms with Crippen LogP contribution in [0.2, 0.25) is 0 Å². The van der Waals surface area contributed by atoms with Crippen molar-refractivity contribution >= 4 is 10.9 Å². The summed E-state index contributed by atoms with van der Waals surface area (Å²) in [6.45, 7) is 5.61. The molecule has 2 nitrogen and oxygen atoms in total. The Morgan fingerprint density at radius 3 is 2.74 bits per heavy atom.